The quantitative estimate of drug-likeness (QED) is 0.742. The number of nitrogens with one attached hydrogen (secondary N) is 2. The van der Waals surface area contributed by atoms with Crippen LogP contribution >= 0.6 is 0 Å². The molecule has 0 bridgehead atoms. The summed E-state index contributed by atoms with van der Waals surface area (Å²) in [6, 6.07) is 7.10. The second-order valence-electron chi connectivity index (χ2n) is 3.93. The maximum atomic E-state index is 11.5. The summed E-state index contributed by atoms with van der Waals surface area (Å²) in [6.45, 7) is 1.76. The molecule has 1 aromatic carbocycles. The highest BCUT2D eigenvalue weighted by Gasteiger charge is 2.13. The molecule has 4 N–H and O–H groups in total. The van der Waals surface area contributed by atoms with Gasteiger partial charge < -0.3 is 16.4 Å². The molecule has 0 aliphatic heterocycles. The molecule has 2 rings (SSSR count). The van der Waals surface area contributed by atoms with Gasteiger partial charge in [-0.05, 0) is 19.1 Å². The molecule has 18 heavy (non-hydrogen) atoms. The number of rotatable bonds is 3. The Morgan fingerprint density at radius 3 is 2.78 bits per heavy atom. The van der Waals surface area contributed by atoms with E-state index in [1.54, 1.807) is 14.0 Å². The van der Waals surface area contributed by atoms with Crippen molar-refractivity contribution < 1.29 is 4.79 Å². The molecule has 0 saturated carbocycles. The van der Waals surface area contributed by atoms with Crippen molar-refractivity contribution in [1.29, 1.82) is 0 Å². The van der Waals surface area contributed by atoms with Gasteiger partial charge in [0.25, 0.3) is 0 Å². The normalized spacial score (nSPS) is 12.1. The lowest BCUT2D eigenvalue weighted by Gasteiger charge is -2.14. The van der Waals surface area contributed by atoms with Gasteiger partial charge in [0.15, 0.2) is 0 Å². The van der Waals surface area contributed by atoms with Crippen molar-refractivity contribution in [1.82, 2.24) is 15.3 Å². The van der Waals surface area contributed by atoms with Crippen molar-refractivity contribution in [3.8, 4) is 0 Å². The second-order valence-corrected chi connectivity index (χ2v) is 3.93. The van der Waals surface area contributed by atoms with Gasteiger partial charge in [-0.25, -0.2) is 4.98 Å². The standard InChI is InChI=1S/C12H15N5O/c1-7(11(18)14-2)15-10-8-5-3-4-6-9(8)16-12(13)17-10/h3-7H,1-2H3,(H,14,18)(H3,13,15,16,17). The fourth-order valence-electron chi connectivity index (χ4n) is 1.69. The number of nitrogen functional groups attached to an aromatic ring is 1. The van der Waals surface area contributed by atoms with Gasteiger partial charge in [-0.3, -0.25) is 4.79 Å². The summed E-state index contributed by atoms with van der Waals surface area (Å²) in [5.74, 6) is 0.630. The summed E-state index contributed by atoms with van der Waals surface area (Å²) in [4.78, 5) is 19.8. The number of likely N-dealkylation sites (N-methyl/N-ethyl adjacent to an activating group) is 1. The number of anilines is 2. The Bertz CT molecular complexity index is 584. The summed E-state index contributed by atoms with van der Waals surface area (Å²) in [5, 5.41) is 6.44. The zero-order chi connectivity index (χ0) is 13.1. The first kappa shape index (κ1) is 12.1. The van der Waals surface area contributed by atoms with Crippen LogP contribution in [-0.2, 0) is 4.79 Å². The minimum Gasteiger partial charge on any atom is -0.368 e. The predicted molar refractivity (Wildman–Crippen MR) is 71.1 cm³/mol. The molecule has 94 valence electrons. The molecule has 1 amide bonds. The van der Waals surface area contributed by atoms with E-state index in [1.165, 1.54) is 0 Å². The molecule has 1 atom stereocenters. The molecule has 1 unspecified atom stereocenters. The molecule has 1 aromatic heterocycles. The third kappa shape index (κ3) is 2.32. The summed E-state index contributed by atoms with van der Waals surface area (Å²) >= 11 is 0. The van der Waals surface area contributed by atoms with Crippen molar-refractivity contribution in [2.45, 2.75) is 13.0 Å². The van der Waals surface area contributed by atoms with Crippen LogP contribution in [-0.4, -0.2) is 29.0 Å². The number of carbonyl (C=O) groups is 1. The lowest BCUT2D eigenvalue weighted by molar-refractivity contribution is -0.121. The molecule has 6 heteroatoms. The highest BCUT2D eigenvalue weighted by Crippen LogP contribution is 2.21. The zero-order valence-corrected chi connectivity index (χ0v) is 10.3. The average molecular weight is 245 g/mol. The Morgan fingerprint density at radius 1 is 1.33 bits per heavy atom. The molecular weight excluding hydrogens is 230 g/mol. The molecule has 0 aliphatic carbocycles. The molecule has 6 nitrogen and oxygen atoms in total. The Labute approximate surface area is 105 Å². The number of hydrogen-bond donors (Lipinski definition) is 3. The topological polar surface area (TPSA) is 92.9 Å². The van der Waals surface area contributed by atoms with Crippen molar-refractivity contribution in [3.05, 3.63) is 24.3 Å². The summed E-state index contributed by atoms with van der Waals surface area (Å²) in [7, 11) is 1.59. The van der Waals surface area contributed by atoms with Crippen molar-refractivity contribution in [2.75, 3.05) is 18.1 Å². The average Bonchev–Trinajstić information content (AvgIpc) is 2.37. The zero-order valence-electron chi connectivity index (χ0n) is 10.3. The molecular formula is C12H15N5O. The van der Waals surface area contributed by atoms with E-state index in [-0.39, 0.29) is 11.9 Å². The fourth-order valence-corrected chi connectivity index (χ4v) is 1.69. The molecule has 1 heterocycles. The number of nitrogens with two attached hydrogens (primary N) is 1. The van der Waals surface area contributed by atoms with Gasteiger partial charge >= 0.3 is 0 Å². The first-order chi connectivity index (χ1) is 8.61. The summed E-state index contributed by atoms with van der Waals surface area (Å²) in [6.07, 6.45) is 0. The number of hydrogen-bond acceptors (Lipinski definition) is 5. The van der Waals surface area contributed by atoms with E-state index in [2.05, 4.69) is 20.6 Å². The van der Waals surface area contributed by atoms with E-state index < -0.39 is 6.04 Å². The van der Waals surface area contributed by atoms with Crippen LogP contribution in [0, 0.1) is 0 Å². The van der Waals surface area contributed by atoms with Crippen LogP contribution in [0.25, 0.3) is 10.9 Å². The molecule has 0 aliphatic rings. The van der Waals surface area contributed by atoms with Crippen LogP contribution in [0.5, 0.6) is 0 Å². The van der Waals surface area contributed by atoms with Crippen molar-refractivity contribution in [3.63, 3.8) is 0 Å². The van der Waals surface area contributed by atoms with Crippen LogP contribution < -0.4 is 16.4 Å². The van der Waals surface area contributed by atoms with Gasteiger partial charge in [0.05, 0.1) is 5.52 Å². The maximum absolute atomic E-state index is 11.5. The third-order valence-electron chi connectivity index (χ3n) is 2.61. The number of benzene rings is 1. The van der Waals surface area contributed by atoms with E-state index in [9.17, 15) is 4.79 Å². The highest BCUT2D eigenvalue weighted by atomic mass is 16.2. The molecule has 0 saturated heterocycles. The van der Waals surface area contributed by atoms with E-state index in [1.807, 2.05) is 24.3 Å². The van der Waals surface area contributed by atoms with Crippen LogP contribution in [0.15, 0.2) is 24.3 Å². The first-order valence-electron chi connectivity index (χ1n) is 5.62. The van der Waals surface area contributed by atoms with Gasteiger partial charge in [-0.1, -0.05) is 12.1 Å². The number of carbonyl (C=O) groups excluding carboxylic acids is 1. The first-order valence-corrected chi connectivity index (χ1v) is 5.62. The van der Waals surface area contributed by atoms with Crippen LogP contribution in [0.4, 0.5) is 11.8 Å². The Balaban J connectivity index is 2.41. The second kappa shape index (κ2) is 4.87. The maximum Gasteiger partial charge on any atom is 0.241 e. The van der Waals surface area contributed by atoms with Gasteiger partial charge in [0.1, 0.15) is 11.9 Å². The van der Waals surface area contributed by atoms with Gasteiger partial charge in [0.2, 0.25) is 11.9 Å². The third-order valence-corrected chi connectivity index (χ3v) is 2.61. The number of nitrogens with zero attached hydrogens (tertiary/aromatic N) is 2. The predicted octanol–water partition coefficient (Wildman–Crippen LogP) is 0.758. The number of amides is 1. The van der Waals surface area contributed by atoms with E-state index in [0.29, 0.717) is 5.82 Å². The smallest absolute Gasteiger partial charge is 0.241 e. The van der Waals surface area contributed by atoms with E-state index >= 15 is 0 Å². The van der Waals surface area contributed by atoms with Gasteiger partial charge in [0, 0.05) is 12.4 Å². The van der Waals surface area contributed by atoms with Crippen LogP contribution in [0.2, 0.25) is 0 Å². The Kier molecular flexibility index (Phi) is 3.27. The SMILES string of the molecule is CNC(=O)C(C)Nc1nc(N)nc2ccccc12. The van der Waals surface area contributed by atoms with Crippen molar-refractivity contribution >= 4 is 28.6 Å². The number of fused-ring (bicyclic) bond motifs is 1. The largest absolute Gasteiger partial charge is 0.368 e. The summed E-state index contributed by atoms with van der Waals surface area (Å²) < 4.78 is 0. The van der Waals surface area contributed by atoms with Crippen molar-refractivity contribution in [2.24, 2.45) is 0 Å². The summed E-state index contributed by atoms with van der Waals surface area (Å²) in [5.41, 5.74) is 6.39. The van der Waals surface area contributed by atoms with Gasteiger partial charge in [-0.15, -0.1) is 0 Å². The molecule has 2 aromatic rings. The monoisotopic (exact) mass is 245 g/mol. The lowest BCUT2D eigenvalue weighted by atomic mass is 10.2. The fraction of sp³-hybridized carbons (Fsp3) is 0.250. The minimum absolute atomic E-state index is 0.115. The Morgan fingerprint density at radius 2 is 2.06 bits per heavy atom. The van der Waals surface area contributed by atoms with Gasteiger partial charge in [-0.2, -0.15) is 4.98 Å². The number of para-hydroxylation sites is 1. The van der Waals surface area contributed by atoms with Crippen LogP contribution in [0.1, 0.15) is 6.92 Å². The Hall–Kier alpha value is -2.37. The van der Waals surface area contributed by atoms with Crippen LogP contribution in [0.3, 0.4) is 0 Å². The van der Waals surface area contributed by atoms with E-state index in [4.69, 9.17) is 5.73 Å². The molecule has 0 fully saturated rings. The highest BCUT2D eigenvalue weighted by molar-refractivity contribution is 5.92. The lowest BCUT2D eigenvalue weighted by Crippen LogP contribution is -2.35. The van der Waals surface area contributed by atoms with E-state index in [0.717, 1.165) is 10.9 Å². The molecule has 0 spiro atoms. The molecule has 0 radical (unpaired) electrons. The number of aromatic nitrogens is 2. The minimum atomic E-state index is -0.396.